The summed E-state index contributed by atoms with van der Waals surface area (Å²) in [5.74, 6) is -0.312. The van der Waals surface area contributed by atoms with Crippen molar-refractivity contribution in [3.05, 3.63) is 11.9 Å². The largest absolute Gasteiger partial charge is 0.396 e. The first-order valence-corrected chi connectivity index (χ1v) is 4.83. The lowest BCUT2D eigenvalue weighted by atomic mass is 10.3. The van der Waals surface area contributed by atoms with Crippen molar-refractivity contribution in [1.82, 2.24) is 15.1 Å². The summed E-state index contributed by atoms with van der Waals surface area (Å²) in [6.45, 7) is 4.25. The highest BCUT2D eigenvalue weighted by molar-refractivity contribution is 5.97. The van der Waals surface area contributed by atoms with Gasteiger partial charge in [-0.15, -0.1) is 0 Å². The van der Waals surface area contributed by atoms with Gasteiger partial charge in [0, 0.05) is 13.1 Å². The van der Waals surface area contributed by atoms with Gasteiger partial charge in [-0.2, -0.15) is 5.10 Å². The number of aromatic nitrogens is 2. The van der Waals surface area contributed by atoms with Crippen LogP contribution in [-0.2, 0) is 6.54 Å². The van der Waals surface area contributed by atoms with Gasteiger partial charge in [-0.25, -0.2) is 0 Å². The van der Waals surface area contributed by atoms with Gasteiger partial charge < -0.3 is 16.2 Å². The third kappa shape index (κ3) is 2.69. The lowest BCUT2D eigenvalue weighted by molar-refractivity contribution is 0.0914. The molecule has 1 amide bonds. The molecule has 0 aliphatic rings. The smallest absolute Gasteiger partial charge is 0.271 e. The molecule has 0 saturated heterocycles. The monoisotopic (exact) mass is 212 g/mol. The molecule has 1 aromatic rings. The highest BCUT2D eigenvalue weighted by atomic mass is 16.3. The molecule has 4 N–H and O–H groups in total. The van der Waals surface area contributed by atoms with Crippen LogP contribution in [0.15, 0.2) is 6.20 Å². The highest BCUT2D eigenvalue weighted by Gasteiger charge is 2.15. The topological polar surface area (TPSA) is 93.2 Å². The number of aliphatic hydroxyl groups is 1. The third-order valence-electron chi connectivity index (χ3n) is 1.94. The van der Waals surface area contributed by atoms with Crippen LogP contribution in [0.2, 0.25) is 0 Å². The molecule has 0 spiro atoms. The molecule has 1 atom stereocenters. The molecule has 1 heterocycles. The zero-order valence-corrected chi connectivity index (χ0v) is 8.90. The molecular weight excluding hydrogens is 196 g/mol. The van der Waals surface area contributed by atoms with E-state index in [2.05, 4.69) is 10.4 Å². The van der Waals surface area contributed by atoms with Crippen LogP contribution in [0, 0.1) is 0 Å². The van der Waals surface area contributed by atoms with Crippen molar-refractivity contribution < 1.29 is 9.90 Å². The molecule has 15 heavy (non-hydrogen) atoms. The van der Waals surface area contributed by atoms with Gasteiger partial charge in [0.25, 0.3) is 5.91 Å². The normalized spacial score (nSPS) is 12.5. The minimum atomic E-state index is -0.576. The maximum Gasteiger partial charge on any atom is 0.271 e. The molecule has 0 fully saturated rings. The van der Waals surface area contributed by atoms with E-state index in [9.17, 15) is 4.79 Å². The van der Waals surface area contributed by atoms with Crippen LogP contribution in [0.25, 0.3) is 0 Å². The maximum atomic E-state index is 11.6. The zero-order valence-electron chi connectivity index (χ0n) is 8.90. The molecule has 6 nitrogen and oxygen atoms in total. The summed E-state index contributed by atoms with van der Waals surface area (Å²) in [6, 6.07) is 0. The van der Waals surface area contributed by atoms with Crippen LogP contribution in [0.5, 0.6) is 0 Å². The SMILES string of the molecule is CCn1ncc(N)c1C(=O)NC[C@@H](C)O. The molecule has 0 aliphatic carbocycles. The molecule has 84 valence electrons. The molecule has 0 aliphatic heterocycles. The van der Waals surface area contributed by atoms with E-state index in [4.69, 9.17) is 10.8 Å². The zero-order chi connectivity index (χ0) is 11.4. The second kappa shape index (κ2) is 4.79. The van der Waals surface area contributed by atoms with Crippen LogP contribution >= 0.6 is 0 Å². The number of aryl methyl sites for hydroxylation is 1. The number of rotatable bonds is 4. The number of hydrogen-bond donors (Lipinski definition) is 3. The van der Waals surface area contributed by atoms with Gasteiger partial charge in [0.2, 0.25) is 0 Å². The average Bonchev–Trinajstić information content (AvgIpc) is 2.56. The Morgan fingerprint density at radius 2 is 2.47 bits per heavy atom. The Morgan fingerprint density at radius 1 is 1.80 bits per heavy atom. The van der Waals surface area contributed by atoms with Gasteiger partial charge >= 0.3 is 0 Å². The lowest BCUT2D eigenvalue weighted by Gasteiger charge is -2.08. The predicted octanol–water partition coefficient (Wildman–Crippen LogP) is -0.404. The van der Waals surface area contributed by atoms with E-state index in [1.54, 1.807) is 6.92 Å². The molecule has 6 heteroatoms. The fraction of sp³-hybridized carbons (Fsp3) is 0.556. The first kappa shape index (κ1) is 11.5. The Morgan fingerprint density at radius 3 is 3.00 bits per heavy atom. The maximum absolute atomic E-state index is 11.6. The van der Waals surface area contributed by atoms with Crippen molar-refractivity contribution >= 4 is 11.6 Å². The van der Waals surface area contributed by atoms with Crippen molar-refractivity contribution in [2.75, 3.05) is 12.3 Å². The Bertz CT molecular complexity index is 346. The molecule has 1 rings (SSSR count). The summed E-state index contributed by atoms with van der Waals surface area (Å²) in [5.41, 5.74) is 6.31. The van der Waals surface area contributed by atoms with Crippen molar-refractivity contribution in [3.63, 3.8) is 0 Å². The van der Waals surface area contributed by atoms with Crippen molar-refractivity contribution in [2.24, 2.45) is 0 Å². The second-order valence-electron chi connectivity index (χ2n) is 3.32. The minimum absolute atomic E-state index is 0.202. The third-order valence-corrected chi connectivity index (χ3v) is 1.94. The summed E-state index contributed by atoms with van der Waals surface area (Å²) in [7, 11) is 0. The standard InChI is InChI=1S/C9H16N4O2/c1-3-13-8(7(10)5-12-13)9(15)11-4-6(2)14/h5-6,14H,3-4,10H2,1-2H3,(H,11,15)/t6-/m1/s1. The van der Waals surface area contributed by atoms with Crippen LogP contribution in [0.3, 0.4) is 0 Å². The minimum Gasteiger partial charge on any atom is -0.396 e. The number of anilines is 1. The Hall–Kier alpha value is -1.56. The quantitative estimate of drug-likeness (QED) is 0.633. The molecule has 0 radical (unpaired) electrons. The highest BCUT2D eigenvalue weighted by Crippen LogP contribution is 2.10. The van der Waals surface area contributed by atoms with Gasteiger partial charge in [-0.3, -0.25) is 9.48 Å². The summed E-state index contributed by atoms with van der Waals surface area (Å²) in [6.07, 6.45) is 0.869. The fourth-order valence-corrected chi connectivity index (χ4v) is 1.21. The average molecular weight is 212 g/mol. The van der Waals surface area contributed by atoms with Gasteiger partial charge in [0.15, 0.2) is 0 Å². The van der Waals surface area contributed by atoms with Crippen LogP contribution in [0.4, 0.5) is 5.69 Å². The van der Waals surface area contributed by atoms with Gasteiger partial charge in [-0.05, 0) is 13.8 Å². The Labute approximate surface area is 88.1 Å². The van der Waals surface area contributed by atoms with E-state index in [-0.39, 0.29) is 12.5 Å². The number of nitrogen functional groups attached to an aromatic ring is 1. The number of aliphatic hydroxyl groups excluding tert-OH is 1. The van der Waals surface area contributed by atoms with E-state index in [1.165, 1.54) is 10.9 Å². The Balaban J connectivity index is 2.76. The molecule has 0 saturated carbocycles. The van der Waals surface area contributed by atoms with Crippen molar-refractivity contribution in [3.8, 4) is 0 Å². The van der Waals surface area contributed by atoms with E-state index in [0.29, 0.717) is 17.9 Å². The van der Waals surface area contributed by atoms with Crippen LogP contribution < -0.4 is 11.1 Å². The van der Waals surface area contributed by atoms with Crippen molar-refractivity contribution in [1.29, 1.82) is 0 Å². The number of hydrogen-bond acceptors (Lipinski definition) is 4. The number of nitrogens with two attached hydrogens (primary N) is 1. The van der Waals surface area contributed by atoms with Crippen LogP contribution in [-0.4, -0.2) is 33.4 Å². The number of nitrogens with one attached hydrogen (secondary N) is 1. The molecule has 1 aromatic heterocycles. The Kier molecular flexibility index (Phi) is 3.68. The molecule has 0 unspecified atom stereocenters. The lowest BCUT2D eigenvalue weighted by Crippen LogP contribution is -2.32. The van der Waals surface area contributed by atoms with E-state index in [1.807, 2.05) is 6.92 Å². The number of carbonyl (C=O) groups excluding carboxylic acids is 1. The first-order chi connectivity index (χ1) is 7.06. The fourth-order valence-electron chi connectivity index (χ4n) is 1.21. The van der Waals surface area contributed by atoms with E-state index >= 15 is 0 Å². The first-order valence-electron chi connectivity index (χ1n) is 4.83. The van der Waals surface area contributed by atoms with E-state index in [0.717, 1.165) is 0 Å². The predicted molar refractivity (Wildman–Crippen MR) is 56.3 cm³/mol. The molecule has 0 bridgehead atoms. The van der Waals surface area contributed by atoms with Crippen LogP contribution in [0.1, 0.15) is 24.3 Å². The summed E-state index contributed by atoms with van der Waals surface area (Å²) in [5, 5.41) is 15.5. The summed E-state index contributed by atoms with van der Waals surface area (Å²) >= 11 is 0. The summed E-state index contributed by atoms with van der Waals surface area (Å²) in [4.78, 5) is 11.6. The molecule has 0 aromatic carbocycles. The van der Waals surface area contributed by atoms with Gasteiger partial charge in [-0.1, -0.05) is 0 Å². The molecular formula is C9H16N4O2. The van der Waals surface area contributed by atoms with Gasteiger partial charge in [0.05, 0.1) is 18.0 Å². The van der Waals surface area contributed by atoms with Crippen molar-refractivity contribution in [2.45, 2.75) is 26.5 Å². The number of amides is 1. The number of carbonyl (C=O) groups is 1. The summed E-state index contributed by atoms with van der Waals surface area (Å²) < 4.78 is 1.52. The van der Waals surface area contributed by atoms with E-state index < -0.39 is 6.10 Å². The van der Waals surface area contributed by atoms with Gasteiger partial charge in [0.1, 0.15) is 5.69 Å². The second-order valence-corrected chi connectivity index (χ2v) is 3.32. The number of nitrogens with zero attached hydrogens (tertiary/aromatic N) is 2.